The number of hydrogen-bond acceptors (Lipinski definition) is 6. The Morgan fingerprint density at radius 1 is 1.37 bits per heavy atom. The highest BCUT2D eigenvalue weighted by molar-refractivity contribution is 5.98. The SMILES string of the molecule is CC1C(CC(O)C2=CCCC2=O)OC2OC(C)(OO)CCC3CCCC1C32. The molecular formula is C21H32O6. The van der Waals surface area contributed by atoms with Gasteiger partial charge in [0.15, 0.2) is 12.1 Å². The summed E-state index contributed by atoms with van der Waals surface area (Å²) in [4.78, 5) is 16.7. The number of hydrogen-bond donors (Lipinski definition) is 2. The maximum atomic E-state index is 12.0. The Balaban J connectivity index is 1.54. The molecule has 8 unspecified atom stereocenters. The Kier molecular flexibility index (Phi) is 5.47. The van der Waals surface area contributed by atoms with Gasteiger partial charge in [0.05, 0.1) is 12.2 Å². The maximum Gasteiger partial charge on any atom is 0.201 e. The molecule has 152 valence electrons. The monoisotopic (exact) mass is 380 g/mol. The lowest BCUT2D eigenvalue weighted by molar-refractivity contribution is -0.435. The molecule has 8 atom stereocenters. The third-order valence-corrected chi connectivity index (χ3v) is 7.44. The molecule has 0 radical (unpaired) electrons. The van der Waals surface area contributed by atoms with E-state index in [4.69, 9.17) is 9.47 Å². The summed E-state index contributed by atoms with van der Waals surface area (Å²) in [6, 6.07) is 0. The Labute approximate surface area is 160 Å². The highest BCUT2D eigenvalue weighted by Gasteiger charge is 2.53. The zero-order valence-electron chi connectivity index (χ0n) is 16.3. The zero-order chi connectivity index (χ0) is 19.2. The van der Waals surface area contributed by atoms with Crippen molar-refractivity contribution in [1.82, 2.24) is 0 Å². The van der Waals surface area contributed by atoms with Crippen LogP contribution in [0, 0.1) is 23.7 Å². The molecule has 0 aromatic rings. The number of allylic oxidation sites excluding steroid dienone is 1. The van der Waals surface area contributed by atoms with Gasteiger partial charge in [-0.15, -0.1) is 0 Å². The van der Waals surface area contributed by atoms with Gasteiger partial charge in [-0.25, -0.2) is 10.1 Å². The summed E-state index contributed by atoms with van der Waals surface area (Å²) in [6.07, 6.45) is 7.16. The summed E-state index contributed by atoms with van der Waals surface area (Å²) in [5.74, 6) is 0.566. The van der Waals surface area contributed by atoms with Gasteiger partial charge in [-0.1, -0.05) is 19.4 Å². The van der Waals surface area contributed by atoms with E-state index in [1.807, 2.05) is 6.08 Å². The van der Waals surface area contributed by atoms with Crippen LogP contribution in [0.1, 0.15) is 65.2 Å². The summed E-state index contributed by atoms with van der Waals surface area (Å²) in [7, 11) is 0. The molecule has 3 fully saturated rings. The maximum absolute atomic E-state index is 12.0. The summed E-state index contributed by atoms with van der Waals surface area (Å²) >= 11 is 0. The number of aliphatic hydroxyl groups excluding tert-OH is 1. The third kappa shape index (κ3) is 3.62. The van der Waals surface area contributed by atoms with E-state index < -0.39 is 18.2 Å². The van der Waals surface area contributed by atoms with Gasteiger partial charge >= 0.3 is 0 Å². The van der Waals surface area contributed by atoms with E-state index in [2.05, 4.69) is 11.8 Å². The Morgan fingerprint density at radius 3 is 2.89 bits per heavy atom. The quantitative estimate of drug-likeness (QED) is 0.574. The highest BCUT2D eigenvalue weighted by atomic mass is 17.1. The van der Waals surface area contributed by atoms with Crippen LogP contribution in [-0.2, 0) is 19.2 Å². The minimum Gasteiger partial charge on any atom is -0.388 e. The fourth-order valence-corrected chi connectivity index (χ4v) is 5.87. The first-order chi connectivity index (χ1) is 12.9. The van der Waals surface area contributed by atoms with Gasteiger partial charge in [0, 0.05) is 30.8 Å². The van der Waals surface area contributed by atoms with Crippen molar-refractivity contribution in [3.63, 3.8) is 0 Å². The van der Waals surface area contributed by atoms with Crippen molar-refractivity contribution < 1.29 is 29.5 Å². The lowest BCUT2D eigenvalue weighted by Gasteiger charge is -2.51. The van der Waals surface area contributed by atoms with Crippen LogP contribution in [0.4, 0.5) is 0 Å². The molecule has 27 heavy (non-hydrogen) atoms. The molecule has 0 bridgehead atoms. The average molecular weight is 380 g/mol. The average Bonchev–Trinajstić information content (AvgIpc) is 3.03. The first kappa shape index (κ1) is 19.5. The van der Waals surface area contributed by atoms with E-state index in [1.54, 1.807) is 6.92 Å². The second-order valence-corrected chi connectivity index (χ2v) is 9.09. The molecule has 0 aromatic carbocycles. The number of ketones is 1. The minimum absolute atomic E-state index is 0.0496. The smallest absolute Gasteiger partial charge is 0.201 e. The van der Waals surface area contributed by atoms with Crippen LogP contribution in [0.15, 0.2) is 11.6 Å². The van der Waals surface area contributed by atoms with Gasteiger partial charge in [0.2, 0.25) is 5.79 Å². The molecule has 0 amide bonds. The number of ether oxygens (including phenoxy) is 2. The zero-order valence-corrected chi connectivity index (χ0v) is 16.3. The van der Waals surface area contributed by atoms with Crippen molar-refractivity contribution in [2.45, 2.75) is 89.5 Å². The second kappa shape index (κ2) is 7.56. The number of rotatable bonds is 4. The lowest BCUT2D eigenvalue weighted by Crippen LogP contribution is -2.53. The molecule has 2 N–H and O–H groups in total. The van der Waals surface area contributed by atoms with Crippen molar-refractivity contribution >= 4 is 5.78 Å². The number of aliphatic hydroxyl groups is 1. The van der Waals surface area contributed by atoms with Crippen LogP contribution in [0.25, 0.3) is 0 Å². The van der Waals surface area contributed by atoms with Crippen LogP contribution in [-0.4, -0.2) is 40.4 Å². The van der Waals surface area contributed by atoms with Crippen LogP contribution in [0.5, 0.6) is 0 Å². The first-order valence-electron chi connectivity index (χ1n) is 10.5. The molecule has 2 saturated heterocycles. The van der Waals surface area contributed by atoms with Crippen molar-refractivity contribution in [3.8, 4) is 0 Å². The minimum atomic E-state index is -1.06. The van der Waals surface area contributed by atoms with Crippen molar-refractivity contribution in [1.29, 1.82) is 0 Å². The van der Waals surface area contributed by atoms with Crippen molar-refractivity contribution in [2.24, 2.45) is 23.7 Å². The molecular weight excluding hydrogens is 348 g/mol. The van der Waals surface area contributed by atoms with E-state index in [0.717, 1.165) is 25.7 Å². The first-order valence-corrected chi connectivity index (χ1v) is 10.5. The topological polar surface area (TPSA) is 85.2 Å². The molecule has 6 nitrogen and oxygen atoms in total. The van der Waals surface area contributed by atoms with E-state index in [-0.39, 0.29) is 11.9 Å². The molecule has 2 aliphatic carbocycles. The number of carbonyl (C=O) groups is 1. The van der Waals surface area contributed by atoms with Crippen LogP contribution < -0.4 is 0 Å². The molecule has 1 saturated carbocycles. The number of Topliss-reactive ketones (excluding diaryl/α,β-unsaturated/α-hetero) is 1. The molecule has 2 aliphatic heterocycles. The van der Waals surface area contributed by atoms with E-state index in [9.17, 15) is 15.2 Å². The molecule has 4 aliphatic rings. The number of carbonyl (C=O) groups excluding carboxylic acids is 1. The fourth-order valence-electron chi connectivity index (χ4n) is 5.87. The molecule has 0 spiro atoms. The predicted molar refractivity (Wildman–Crippen MR) is 97.5 cm³/mol. The molecule has 0 aromatic heterocycles. The Bertz CT molecular complexity index is 603. The van der Waals surface area contributed by atoms with Gasteiger partial charge in [-0.3, -0.25) is 4.79 Å². The third-order valence-electron chi connectivity index (χ3n) is 7.44. The van der Waals surface area contributed by atoms with Gasteiger partial charge in [0.25, 0.3) is 0 Å². The summed E-state index contributed by atoms with van der Waals surface area (Å²) in [5.41, 5.74) is 0.541. The summed E-state index contributed by atoms with van der Waals surface area (Å²) in [6.45, 7) is 3.96. The lowest BCUT2D eigenvalue weighted by atomic mass is 9.63. The standard InChI is InChI=1S/C21H32O6/c1-12-14-6-3-5-13-9-10-21(2,27-24)26-20(19(13)14)25-18(12)11-17(23)15-7-4-8-16(15)22/h7,12-14,17-20,23-24H,3-6,8-11H2,1-2H3. The highest BCUT2D eigenvalue weighted by Crippen LogP contribution is 2.52. The largest absolute Gasteiger partial charge is 0.388 e. The molecule has 4 rings (SSSR count). The fraction of sp³-hybridized carbons (Fsp3) is 0.857. The van der Waals surface area contributed by atoms with Crippen LogP contribution in [0.2, 0.25) is 0 Å². The van der Waals surface area contributed by atoms with Gasteiger partial charge in [-0.05, 0) is 50.4 Å². The summed E-state index contributed by atoms with van der Waals surface area (Å²) < 4.78 is 12.5. The van der Waals surface area contributed by atoms with Crippen LogP contribution >= 0.6 is 0 Å². The summed E-state index contributed by atoms with van der Waals surface area (Å²) in [5, 5.41) is 20.0. The molecule has 6 heteroatoms. The normalized spacial score (nSPS) is 45.8. The Morgan fingerprint density at radius 2 is 2.19 bits per heavy atom. The van der Waals surface area contributed by atoms with Crippen molar-refractivity contribution in [2.75, 3.05) is 0 Å². The van der Waals surface area contributed by atoms with Gasteiger partial charge in [-0.2, -0.15) is 0 Å². The van der Waals surface area contributed by atoms with Crippen molar-refractivity contribution in [3.05, 3.63) is 11.6 Å². The predicted octanol–water partition coefficient (Wildman–Crippen LogP) is 3.44. The van der Waals surface area contributed by atoms with Crippen LogP contribution in [0.3, 0.4) is 0 Å². The van der Waals surface area contributed by atoms with Gasteiger partial charge in [0.1, 0.15) is 0 Å². The van der Waals surface area contributed by atoms with Gasteiger partial charge < -0.3 is 14.6 Å². The van der Waals surface area contributed by atoms with E-state index in [0.29, 0.717) is 48.5 Å². The molecule has 2 heterocycles. The second-order valence-electron chi connectivity index (χ2n) is 9.09. The van der Waals surface area contributed by atoms with E-state index in [1.165, 1.54) is 6.42 Å². The Hall–Kier alpha value is -0.790. The van der Waals surface area contributed by atoms with E-state index >= 15 is 0 Å².